The molecule has 20 heavy (non-hydrogen) atoms. The average molecular weight is 270 g/mol. The maximum absolute atomic E-state index is 11.6. The summed E-state index contributed by atoms with van der Waals surface area (Å²) in [6.45, 7) is 2.88. The first-order valence-electron chi connectivity index (χ1n) is 6.54. The van der Waals surface area contributed by atoms with E-state index in [1.807, 2.05) is 61.5 Å². The molecule has 104 valence electrons. The molecule has 0 spiro atoms. The van der Waals surface area contributed by atoms with Crippen molar-refractivity contribution < 1.29 is 9.53 Å². The predicted molar refractivity (Wildman–Crippen MR) is 80.1 cm³/mol. The Bertz CT molecular complexity index is 555. The fraction of sp³-hybridized carbons (Fsp3) is 0.188. The molecule has 4 heteroatoms. The van der Waals surface area contributed by atoms with Crippen molar-refractivity contribution in [1.29, 1.82) is 0 Å². The Morgan fingerprint density at radius 1 is 1.05 bits per heavy atom. The molecule has 0 bridgehead atoms. The zero-order valence-corrected chi connectivity index (χ0v) is 11.4. The molecule has 4 nitrogen and oxygen atoms in total. The molecule has 0 aliphatic heterocycles. The van der Waals surface area contributed by atoms with Crippen molar-refractivity contribution in [3.63, 3.8) is 0 Å². The highest BCUT2D eigenvalue weighted by atomic mass is 16.5. The van der Waals surface area contributed by atoms with Gasteiger partial charge < -0.3 is 15.4 Å². The first-order chi connectivity index (χ1) is 9.75. The van der Waals surface area contributed by atoms with Crippen LogP contribution in [-0.4, -0.2) is 19.2 Å². The quantitative estimate of drug-likeness (QED) is 0.820. The second-order valence-corrected chi connectivity index (χ2v) is 4.36. The molecule has 0 fully saturated rings. The van der Waals surface area contributed by atoms with Gasteiger partial charge in [-0.25, -0.2) is 4.79 Å². The molecule has 0 aliphatic rings. The number of rotatable bonds is 5. The standard InChI is InChI=1S/C16H18N2O2/c1-13-7-5-6-10-15(13)20-12-11-17-16(19)18-14-8-3-2-4-9-14/h2-10H,11-12H2,1H3,(H2,17,18,19). The Hall–Kier alpha value is -2.49. The maximum atomic E-state index is 11.6. The zero-order chi connectivity index (χ0) is 14.2. The van der Waals surface area contributed by atoms with Gasteiger partial charge in [0.15, 0.2) is 0 Å². The molecule has 2 aromatic carbocycles. The summed E-state index contributed by atoms with van der Waals surface area (Å²) in [6.07, 6.45) is 0. The number of aryl methyl sites for hydroxylation is 1. The normalized spacial score (nSPS) is 9.85. The van der Waals surface area contributed by atoms with Gasteiger partial charge in [-0.3, -0.25) is 0 Å². The Morgan fingerprint density at radius 3 is 2.50 bits per heavy atom. The molecule has 0 radical (unpaired) electrons. The molecule has 2 rings (SSSR count). The van der Waals surface area contributed by atoms with Crippen LogP contribution in [0.1, 0.15) is 5.56 Å². The highest BCUT2D eigenvalue weighted by Gasteiger charge is 2.01. The number of para-hydroxylation sites is 2. The van der Waals surface area contributed by atoms with Crippen molar-refractivity contribution in [3.05, 3.63) is 60.2 Å². The number of ether oxygens (including phenoxy) is 1. The number of hydrogen-bond donors (Lipinski definition) is 2. The zero-order valence-electron chi connectivity index (χ0n) is 11.4. The average Bonchev–Trinajstić information content (AvgIpc) is 2.46. The van der Waals surface area contributed by atoms with Crippen LogP contribution in [0.4, 0.5) is 10.5 Å². The molecule has 0 saturated heterocycles. The fourth-order valence-corrected chi connectivity index (χ4v) is 1.74. The Morgan fingerprint density at radius 2 is 1.75 bits per heavy atom. The molecule has 2 N–H and O–H groups in total. The van der Waals surface area contributed by atoms with Gasteiger partial charge in [-0.05, 0) is 30.7 Å². The van der Waals surface area contributed by atoms with Crippen molar-refractivity contribution in [1.82, 2.24) is 5.32 Å². The molecule has 0 saturated carbocycles. The van der Waals surface area contributed by atoms with Gasteiger partial charge in [0.05, 0.1) is 6.54 Å². The van der Waals surface area contributed by atoms with E-state index in [-0.39, 0.29) is 6.03 Å². The van der Waals surface area contributed by atoms with Crippen LogP contribution < -0.4 is 15.4 Å². The molecule has 2 amide bonds. The smallest absolute Gasteiger partial charge is 0.319 e. The van der Waals surface area contributed by atoms with Crippen LogP contribution in [0, 0.1) is 6.92 Å². The highest BCUT2D eigenvalue weighted by Crippen LogP contribution is 2.15. The van der Waals surface area contributed by atoms with Crippen molar-refractivity contribution in [2.75, 3.05) is 18.5 Å². The third kappa shape index (κ3) is 4.31. The Balaban J connectivity index is 1.69. The van der Waals surface area contributed by atoms with Crippen LogP contribution in [0.5, 0.6) is 5.75 Å². The van der Waals surface area contributed by atoms with E-state index < -0.39 is 0 Å². The van der Waals surface area contributed by atoms with E-state index in [0.717, 1.165) is 17.0 Å². The summed E-state index contributed by atoms with van der Waals surface area (Å²) in [7, 11) is 0. The third-order valence-corrected chi connectivity index (χ3v) is 2.77. The predicted octanol–water partition coefficient (Wildman–Crippen LogP) is 3.20. The number of anilines is 1. The van der Waals surface area contributed by atoms with Crippen molar-refractivity contribution in [3.8, 4) is 5.75 Å². The van der Waals surface area contributed by atoms with Gasteiger partial charge in [-0.2, -0.15) is 0 Å². The highest BCUT2D eigenvalue weighted by molar-refractivity contribution is 5.89. The van der Waals surface area contributed by atoms with Gasteiger partial charge in [-0.15, -0.1) is 0 Å². The van der Waals surface area contributed by atoms with Gasteiger partial charge in [0.2, 0.25) is 0 Å². The molecule has 0 aromatic heterocycles. The topological polar surface area (TPSA) is 50.4 Å². The summed E-state index contributed by atoms with van der Waals surface area (Å²) in [5.74, 6) is 0.845. The van der Waals surface area contributed by atoms with Crippen LogP contribution in [0.2, 0.25) is 0 Å². The third-order valence-electron chi connectivity index (χ3n) is 2.77. The SMILES string of the molecule is Cc1ccccc1OCCNC(=O)Nc1ccccc1. The molecule has 0 unspecified atom stereocenters. The fourth-order valence-electron chi connectivity index (χ4n) is 1.74. The second kappa shape index (κ2) is 7.19. The molecule has 2 aromatic rings. The van der Waals surface area contributed by atoms with Crippen molar-refractivity contribution in [2.24, 2.45) is 0 Å². The van der Waals surface area contributed by atoms with E-state index >= 15 is 0 Å². The van der Waals surface area contributed by atoms with Crippen LogP contribution in [0.25, 0.3) is 0 Å². The summed E-state index contributed by atoms with van der Waals surface area (Å²) in [6, 6.07) is 16.9. The lowest BCUT2D eigenvalue weighted by molar-refractivity contribution is 0.247. The minimum absolute atomic E-state index is 0.232. The first kappa shape index (κ1) is 13.9. The van der Waals surface area contributed by atoms with Crippen LogP contribution >= 0.6 is 0 Å². The largest absolute Gasteiger partial charge is 0.491 e. The van der Waals surface area contributed by atoms with E-state index in [2.05, 4.69) is 10.6 Å². The number of urea groups is 1. The van der Waals surface area contributed by atoms with Crippen LogP contribution in [-0.2, 0) is 0 Å². The van der Waals surface area contributed by atoms with Crippen LogP contribution in [0.3, 0.4) is 0 Å². The molecule has 0 aliphatic carbocycles. The lowest BCUT2D eigenvalue weighted by Gasteiger charge is -2.10. The van der Waals surface area contributed by atoms with E-state index in [0.29, 0.717) is 13.2 Å². The minimum Gasteiger partial charge on any atom is -0.491 e. The molecule has 0 heterocycles. The van der Waals surface area contributed by atoms with Crippen LogP contribution in [0.15, 0.2) is 54.6 Å². The van der Waals surface area contributed by atoms with Gasteiger partial charge >= 0.3 is 6.03 Å². The van der Waals surface area contributed by atoms with E-state index in [1.54, 1.807) is 0 Å². The lowest BCUT2D eigenvalue weighted by atomic mass is 10.2. The molecular weight excluding hydrogens is 252 g/mol. The first-order valence-corrected chi connectivity index (χ1v) is 6.54. The summed E-state index contributed by atoms with van der Waals surface area (Å²) in [4.78, 5) is 11.6. The molecular formula is C16H18N2O2. The van der Waals surface area contributed by atoms with Gasteiger partial charge in [0.1, 0.15) is 12.4 Å². The number of carbonyl (C=O) groups excluding carboxylic acids is 1. The minimum atomic E-state index is -0.232. The number of carbonyl (C=O) groups is 1. The second-order valence-electron chi connectivity index (χ2n) is 4.36. The van der Waals surface area contributed by atoms with Gasteiger partial charge in [0.25, 0.3) is 0 Å². The summed E-state index contributed by atoms with van der Waals surface area (Å²) >= 11 is 0. The van der Waals surface area contributed by atoms with E-state index in [1.165, 1.54) is 0 Å². The van der Waals surface area contributed by atoms with E-state index in [9.17, 15) is 4.79 Å². The maximum Gasteiger partial charge on any atom is 0.319 e. The number of hydrogen-bond acceptors (Lipinski definition) is 2. The number of benzene rings is 2. The lowest BCUT2D eigenvalue weighted by Crippen LogP contribution is -2.32. The van der Waals surface area contributed by atoms with Gasteiger partial charge in [-0.1, -0.05) is 36.4 Å². The number of nitrogens with one attached hydrogen (secondary N) is 2. The number of amides is 2. The van der Waals surface area contributed by atoms with E-state index in [4.69, 9.17) is 4.74 Å². The monoisotopic (exact) mass is 270 g/mol. The van der Waals surface area contributed by atoms with Crippen molar-refractivity contribution >= 4 is 11.7 Å². The van der Waals surface area contributed by atoms with Gasteiger partial charge in [0, 0.05) is 5.69 Å². The Labute approximate surface area is 118 Å². The summed E-state index contributed by atoms with van der Waals surface area (Å²) < 4.78 is 5.59. The Kier molecular flexibility index (Phi) is 5.00. The summed E-state index contributed by atoms with van der Waals surface area (Å²) in [5, 5.41) is 5.49. The van der Waals surface area contributed by atoms with Crippen molar-refractivity contribution in [2.45, 2.75) is 6.92 Å². The summed E-state index contributed by atoms with van der Waals surface area (Å²) in [5.41, 5.74) is 1.85. The molecule has 0 atom stereocenters.